The molecule has 0 aliphatic heterocycles. The number of nitrogens with two attached hydrogens (primary N) is 1. The number of aromatic nitrogens is 1. The van der Waals surface area contributed by atoms with Crippen molar-refractivity contribution in [2.24, 2.45) is 0 Å². The van der Waals surface area contributed by atoms with Crippen molar-refractivity contribution in [2.45, 2.75) is 53.0 Å². The van der Waals surface area contributed by atoms with Crippen molar-refractivity contribution >= 4 is 33.1 Å². The van der Waals surface area contributed by atoms with Crippen molar-refractivity contribution in [3.8, 4) is 0 Å². The van der Waals surface area contributed by atoms with Gasteiger partial charge >= 0.3 is 0 Å². The Kier molecular flexibility index (Phi) is 4.23. The summed E-state index contributed by atoms with van der Waals surface area (Å²) in [7, 11) is 0. The van der Waals surface area contributed by atoms with Crippen LogP contribution in [0.2, 0.25) is 0 Å². The highest BCUT2D eigenvalue weighted by molar-refractivity contribution is 7.21. The van der Waals surface area contributed by atoms with E-state index in [0.717, 1.165) is 34.3 Å². The van der Waals surface area contributed by atoms with Gasteiger partial charge in [-0.1, -0.05) is 13.3 Å². The summed E-state index contributed by atoms with van der Waals surface area (Å²) in [6.45, 7) is 10.1. The predicted octanol–water partition coefficient (Wildman–Crippen LogP) is 3.80. The van der Waals surface area contributed by atoms with Crippen LogP contribution < -0.4 is 11.1 Å². The second-order valence-corrected chi connectivity index (χ2v) is 7.19. The maximum Gasteiger partial charge on any atom is 0.263 e. The standard InChI is InChI=1S/C16H23N3OS/c1-6-7-16(4,5)19-14(20)13-12(17)11-9(2)8-10(3)18-15(11)21-13/h8H,6-7,17H2,1-5H3,(H,19,20). The zero-order valence-electron chi connectivity index (χ0n) is 13.3. The van der Waals surface area contributed by atoms with E-state index in [1.807, 2.05) is 33.8 Å². The molecule has 2 rings (SSSR count). The molecule has 0 unspecified atom stereocenters. The summed E-state index contributed by atoms with van der Waals surface area (Å²) < 4.78 is 0. The van der Waals surface area contributed by atoms with E-state index < -0.39 is 0 Å². The van der Waals surface area contributed by atoms with Gasteiger partial charge in [0.25, 0.3) is 5.91 Å². The van der Waals surface area contributed by atoms with Crippen molar-refractivity contribution in [2.75, 3.05) is 5.73 Å². The van der Waals surface area contributed by atoms with Crippen LogP contribution >= 0.6 is 11.3 Å². The Hall–Kier alpha value is -1.62. The van der Waals surface area contributed by atoms with E-state index in [0.29, 0.717) is 10.6 Å². The van der Waals surface area contributed by atoms with Gasteiger partial charge in [0.15, 0.2) is 0 Å². The van der Waals surface area contributed by atoms with Gasteiger partial charge in [0.2, 0.25) is 0 Å². The Balaban J connectivity index is 2.41. The molecule has 0 aliphatic rings. The first-order valence-electron chi connectivity index (χ1n) is 7.24. The lowest BCUT2D eigenvalue weighted by Crippen LogP contribution is -2.43. The van der Waals surface area contributed by atoms with E-state index in [9.17, 15) is 4.79 Å². The molecular weight excluding hydrogens is 282 g/mol. The maximum absolute atomic E-state index is 12.5. The van der Waals surface area contributed by atoms with E-state index in [-0.39, 0.29) is 11.4 Å². The molecule has 4 nitrogen and oxygen atoms in total. The molecule has 0 saturated heterocycles. The Morgan fingerprint density at radius 2 is 2.10 bits per heavy atom. The van der Waals surface area contributed by atoms with Gasteiger partial charge in [0, 0.05) is 16.6 Å². The summed E-state index contributed by atoms with van der Waals surface area (Å²) in [5.41, 5.74) is 8.52. The normalized spacial score (nSPS) is 11.9. The summed E-state index contributed by atoms with van der Waals surface area (Å²) in [4.78, 5) is 18.4. The first-order valence-corrected chi connectivity index (χ1v) is 8.05. The zero-order valence-corrected chi connectivity index (χ0v) is 14.1. The van der Waals surface area contributed by atoms with Crippen molar-refractivity contribution < 1.29 is 4.79 Å². The highest BCUT2D eigenvalue weighted by atomic mass is 32.1. The van der Waals surface area contributed by atoms with Gasteiger partial charge in [-0.05, 0) is 45.7 Å². The average molecular weight is 305 g/mol. The van der Waals surface area contributed by atoms with Crippen LogP contribution in [0.25, 0.3) is 10.2 Å². The third-order valence-electron chi connectivity index (χ3n) is 3.56. The molecule has 2 aromatic rings. The summed E-state index contributed by atoms with van der Waals surface area (Å²) >= 11 is 1.37. The molecule has 0 aliphatic carbocycles. The second-order valence-electron chi connectivity index (χ2n) is 6.19. The number of carbonyl (C=O) groups excluding carboxylic acids is 1. The summed E-state index contributed by atoms with van der Waals surface area (Å²) in [5.74, 6) is -0.106. The Labute approximate surface area is 129 Å². The second kappa shape index (κ2) is 5.64. The minimum absolute atomic E-state index is 0.106. The lowest BCUT2D eigenvalue weighted by Gasteiger charge is -2.25. The SMILES string of the molecule is CCCC(C)(C)NC(=O)c1sc2nc(C)cc(C)c2c1N. The van der Waals surface area contributed by atoms with E-state index in [1.165, 1.54) is 11.3 Å². The average Bonchev–Trinajstić information content (AvgIpc) is 2.65. The zero-order chi connectivity index (χ0) is 15.8. The van der Waals surface area contributed by atoms with Gasteiger partial charge < -0.3 is 11.1 Å². The molecule has 21 heavy (non-hydrogen) atoms. The third kappa shape index (κ3) is 3.18. The van der Waals surface area contributed by atoms with Crippen molar-refractivity contribution in [3.63, 3.8) is 0 Å². The molecule has 0 aromatic carbocycles. The van der Waals surface area contributed by atoms with Crippen molar-refractivity contribution in [3.05, 3.63) is 22.2 Å². The van der Waals surface area contributed by atoms with E-state index >= 15 is 0 Å². The predicted molar refractivity (Wildman–Crippen MR) is 90.0 cm³/mol. The number of nitrogens with one attached hydrogen (secondary N) is 1. The molecule has 5 heteroatoms. The van der Waals surface area contributed by atoms with Gasteiger partial charge in [0.1, 0.15) is 9.71 Å². The van der Waals surface area contributed by atoms with Crippen LogP contribution in [0.1, 0.15) is 54.5 Å². The van der Waals surface area contributed by atoms with Crippen LogP contribution in [0, 0.1) is 13.8 Å². The van der Waals surface area contributed by atoms with Crippen LogP contribution in [0.4, 0.5) is 5.69 Å². The number of anilines is 1. The number of hydrogen-bond donors (Lipinski definition) is 2. The number of fused-ring (bicyclic) bond motifs is 1. The summed E-state index contributed by atoms with van der Waals surface area (Å²) in [6.07, 6.45) is 1.95. The molecule has 0 bridgehead atoms. The van der Waals surface area contributed by atoms with E-state index in [1.54, 1.807) is 0 Å². The first-order chi connectivity index (χ1) is 9.75. The van der Waals surface area contributed by atoms with Crippen LogP contribution in [-0.2, 0) is 0 Å². The van der Waals surface area contributed by atoms with Gasteiger partial charge in [-0.2, -0.15) is 0 Å². The van der Waals surface area contributed by atoms with Gasteiger partial charge in [0.05, 0.1) is 5.69 Å². The molecule has 0 atom stereocenters. The number of carbonyl (C=O) groups is 1. The fourth-order valence-corrected chi connectivity index (χ4v) is 3.80. The van der Waals surface area contributed by atoms with Gasteiger partial charge in [-0.3, -0.25) is 4.79 Å². The minimum Gasteiger partial charge on any atom is -0.397 e. The Bertz CT molecular complexity index is 688. The third-order valence-corrected chi connectivity index (χ3v) is 4.66. The monoisotopic (exact) mass is 305 g/mol. The summed E-state index contributed by atoms with van der Waals surface area (Å²) in [5, 5.41) is 3.98. The molecule has 1 amide bonds. The quantitative estimate of drug-likeness (QED) is 0.902. The Morgan fingerprint density at radius 3 is 2.71 bits per heavy atom. The topological polar surface area (TPSA) is 68.0 Å². The number of thiophene rings is 1. The molecule has 3 N–H and O–H groups in total. The molecule has 2 heterocycles. The molecule has 114 valence electrons. The Morgan fingerprint density at radius 1 is 1.43 bits per heavy atom. The number of rotatable bonds is 4. The fraction of sp³-hybridized carbons (Fsp3) is 0.500. The first kappa shape index (κ1) is 15.8. The number of aryl methyl sites for hydroxylation is 2. The van der Waals surface area contributed by atoms with Crippen molar-refractivity contribution in [1.82, 2.24) is 10.3 Å². The molecule has 0 saturated carbocycles. The molecule has 2 aromatic heterocycles. The molecule has 0 spiro atoms. The largest absolute Gasteiger partial charge is 0.397 e. The number of nitrogen functional groups attached to an aromatic ring is 1. The minimum atomic E-state index is -0.229. The lowest BCUT2D eigenvalue weighted by atomic mass is 9.99. The number of pyridine rings is 1. The van der Waals surface area contributed by atoms with Crippen LogP contribution in [0.5, 0.6) is 0 Å². The molecule has 0 radical (unpaired) electrons. The number of nitrogens with zero attached hydrogens (tertiary/aromatic N) is 1. The fourth-order valence-electron chi connectivity index (χ4n) is 2.69. The van der Waals surface area contributed by atoms with Gasteiger partial charge in [-0.25, -0.2) is 4.98 Å². The summed E-state index contributed by atoms with van der Waals surface area (Å²) in [6, 6.07) is 1.99. The highest BCUT2D eigenvalue weighted by Crippen LogP contribution is 2.35. The van der Waals surface area contributed by atoms with E-state index in [4.69, 9.17) is 5.73 Å². The molecular formula is C16H23N3OS. The smallest absolute Gasteiger partial charge is 0.263 e. The van der Waals surface area contributed by atoms with Crippen molar-refractivity contribution in [1.29, 1.82) is 0 Å². The van der Waals surface area contributed by atoms with Crippen LogP contribution in [0.15, 0.2) is 6.07 Å². The van der Waals surface area contributed by atoms with Crippen LogP contribution in [-0.4, -0.2) is 16.4 Å². The molecule has 0 fully saturated rings. The highest BCUT2D eigenvalue weighted by Gasteiger charge is 2.24. The van der Waals surface area contributed by atoms with Gasteiger partial charge in [-0.15, -0.1) is 11.3 Å². The van der Waals surface area contributed by atoms with E-state index in [2.05, 4.69) is 17.2 Å². The number of amides is 1. The van der Waals surface area contributed by atoms with Crippen LogP contribution in [0.3, 0.4) is 0 Å². The maximum atomic E-state index is 12.5. The number of hydrogen-bond acceptors (Lipinski definition) is 4. The lowest BCUT2D eigenvalue weighted by molar-refractivity contribution is 0.0914.